The standard InChI is InChI=1S/C12H8BrCl3S/c1-6-2-3-9(13)7(4-6)11(15)8-5-10(14)17-12(8)16/h2-5,11H,1H3. The van der Waals surface area contributed by atoms with Crippen molar-refractivity contribution in [3.63, 3.8) is 0 Å². The molecular formula is C12H8BrCl3S. The van der Waals surface area contributed by atoms with Gasteiger partial charge in [0, 0.05) is 10.0 Å². The van der Waals surface area contributed by atoms with Crippen LogP contribution in [0.4, 0.5) is 0 Å². The quantitative estimate of drug-likeness (QED) is 0.533. The van der Waals surface area contributed by atoms with E-state index in [4.69, 9.17) is 34.8 Å². The van der Waals surface area contributed by atoms with Crippen LogP contribution in [0.15, 0.2) is 28.7 Å². The maximum absolute atomic E-state index is 6.46. The fourth-order valence-corrected chi connectivity index (χ4v) is 4.16. The van der Waals surface area contributed by atoms with Crippen molar-refractivity contribution in [2.75, 3.05) is 0 Å². The number of rotatable bonds is 2. The topological polar surface area (TPSA) is 0 Å². The summed E-state index contributed by atoms with van der Waals surface area (Å²) in [5.74, 6) is 0. The van der Waals surface area contributed by atoms with E-state index in [9.17, 15) is 0 Å². The van der Waals surface area contributed by atoms with Gasteiger partial charge in [-0.2, -0.15) is 0 Å². The second-order valence-corrected chi connectivity index (χ2v) is 7.24. The van der Waals surface area contributed by atoms with E-state index in [-0.39, 0.29) is 5.38 Å². The van der Waals surface area contributed by atoms with Crippen LogP contribution in [0.3, 0.4) is 0 Å². The second-order valence-electron chi connectivity index (χ2n) is 3.67. The SMILES string of the molecule is Cc1ccc(Br)c(C(Cl)c2cc(Cl)sc2Cl)c1. The van der Waals surface area contributed by atoms with E-state index in [1.807, 2.05) is 31.2 Å². The largest absolute Gasteiger partial charge is 0.112 e. The molecule has 0 aliphatic carbocycles. The van der Waals surface area contributed by atoms with Crippen LogP contribution in [-0.4, -0.2) is 0 Å². The predicted octanol–water partition coefficient (Wildman–Crippen LogP) is 6.45. The fraction of sp³-hybridized carbons (Fsp3) is 0.167. The highest BCUT2D eigenvalue weighted by Crippen LogP contribution is 2.42. The van der Waals surface area contributed by atoms with Crippen LogP contribution >= 0.6 is 62.1 Å². The molecule has 1 unspecified atom stereocenters. The lowest BCUT2D eigenvalue weighted by molar-refractivity contribution is 1.13. The van der Waals surface area contributed by atoms with Gasteiger partial charge in [0.2, 0.25) is 0 Å². The van der Waals surface area contributed by atoms with Crippen LogP contribution in [0.2, 0.25) is 8.67 Å². The van der Waals surface area contributed by atoms with Crippen molar-refractivity contribution in [2.24, 2.45) is 0 Å². The van der Waals surface area contributed by atoms with E-state index in [2.05, 4.69) is 15.9 Å². The van der Waals surface area contributed by atoms with E-state index >= 15 is 0 Å². The first-order valence-corrected chi connectivity index (χ1v) is 7.64. The molecule has 0 nitrogen and oxygen atoms in total. The third-order valence-corrected chi connectivity index (χ3v) is 5.09. The Bertz CT molecular complexity index is 551. The van der Waals surface area contributed by atoms with Crippen molar-refractivity contribution >= 4 is 62.1 Å². The molecule has 0 fully saturated rings. The lowest BCUT2D eigenvalue weighted by atomic mass is 10.1. The van der Waals surface area contributed by atoms with Gasteiger partial charge >= 0.3 is 0 Å². The van der Waals surface area contributed by atoms with E-state index < -0.39 is 0 Å². The summed E-state index contributed by atoms with van der Waals surface area (Å²) in [4.78, 5) is 0. The van der Waals surface area contributed by atoms with Gasteiger partial charge in [0.15, 0.2) is 0 Å². The smallest absolute Gasteiger partial charge is 0.0994 e. The van der Waals surface area contributed by atoms with Crippen molar-refractivity contribution in [2.45, 2.75) is 12.3 Å². The normalized spacial score (nSPS) is 12.8. The van der Waals surface area contributed by atoms with Crippen molar-refractivity contribution in [1.82, 2.24) is 0 Å². The molecule has 0 amide bonds. The number of benzene rings is 1. The zero-order chi connectivity index (χ0) is 12.6. The Kier molecular flexibility index (Phi) is 4.43. The Balaban J connectivity index is 2.46. The summed E-state index contributed by atoms with van der Waals surface area (Å²) in [5, 5.41) is -0.291. The molecule has 1 heterocycles. The Morgan fingerprint density at radius 3 is 2.47 bits per heavy atom. The number of halogens is 4. The third-order valence-electron chi connectivity index (χ3n) is 2.38. The molecule has 2 rings (SSSR count). The molecule has 17 heavy (non-hydrogen) atoms. The molecule has 0 spiro atoms. The van der Waals surface area contributed by atoms with Crippen LogP contribution < -0.4 is 0 Å². The van der Waals surface area contributed by atoms with Gasteiger partial charge in [-0.1, -0.05) is 56.8 Å². The van der Waals surface area contributed by atoms with Crippen LogP contribution in [0.25, 0.3) is 0 Å². The van der Waals surface area contributed by atoms with Crippen LogP contribution in [-0.2, 0) is 0 Å². The molecule has 5 heteroatoms. The molecule has 0 aliphatic rings. The molecule has 90 valence electrons. The third kappa shape index (κ3) is 2.99. The van der Waals surface area contributed by atoms with Crippen molar-refractivity contribution in [1.29, 1.82) is 0 Å². The first-order chi connectivity index (χ1) is 7.99. The number of alkyl halides is 1. The Morgan fingerprint density at radius 1 is 1.18 bits per heavy atom. The molecule has 0 N–H and O–H groups in total. The summed E-state index contributed by atoms with van der Waals surface area (Å²) in [7, 11) is 0. The van der Waals surface area contributed by atoms with Gasteiger partial charge in [-0.25, -0.2) is 0 Å². The number of aryl methyl sites for hydroxylation is 1. The minimum absolute atomic E-state index is 0.291. The Labute approximate surface area is 128 Å². The lowest BCUT2D eigenvalue weighted by Crippen LogP contribution is -1.94. The molecule has 0 bridgehead atoms. The van der Waals surface area contributed by atoms with Crippen LogP contribution in [0, 0.1) is 6.92 Å². The van der Waals surface area contributed by atoms with Gasteiger partial charge in [0.1, 0.15) is 0 Å². The fourth-order valence-electron chi connectivity index (χ4n) is 1.55. The van der Waals surface area contributed by atoms with E-state index in [0.717, 1.165) is 21.2 Å². The lowest BCUT2D eigenvalue weighted by Gasteiger charge is -2.12. The summed E-state index contributed by atoms with van der Waals surface area (Å²) in [6.45, 7) is 2.03. The average Bonchev–Trinajstić information content (AvgIpc) is 2.60. The summed E-state index contributed by atoms with van der Waals surface area (Å²) in [6, 6.07) is 7.88. The average molecular weight is 371 g/mol. The second kappa shape index (κ2) is 5.50. The highest BCUT2D eigenvalue weighted by atomic mass is 79.9. The van der Waals surface area contributed by atoms with Gasteiger partial charge in [-0.05, 0) is 24.6 Å². The van der Waals surface area contributed by atoms with E-state index in [1.54, 1.807) is 0 Å². The highest BCUT2D eigenvalue weighted by molar-refractivity contribution is 9.10. The summed E-state index contributed by atoms with van der Waals surface area (Å²) in [6.07, 6.45) is 0. The van der Waals surface area contributed by atoms with E-state index in [1.165, 1.54) is 11.3 Å². The molecule has 1 aromatic carbocycles. The van der Waals surface area contributed by atoms with Crippen molar-refractivity contribution in [3.05, 3.63) is 54.1 Å². The number of hydrogen-bond donors (Lipinski definition) is 0. The molecule has 0 saturated heterocycles. The molecule has 1 atom stereocenters. The van der Waals surface area contributed by atoms with E-state index in [0.29, 0.717) is 8.67 Å². The van der Waals surface area contributed by atoms with Crippen LogP contribution in [0.5, 0.6) is 0 Å². The van der Waals surface area contributed by atoms with Crippen molar-refractivity contribution < 1.29 is 0 Å². The predicted molar refractivity (Wildman–Crippen MR) is 80.9 cm³/mol. The summed E-state index contributed by atoms with van der Waals surface area (Å²) >= 11 is 23.3. The highest BCUT2D eigenvalue weighted by Gasteiger charge is 2.19. The summed E-state index contributed by atoms with van der Waals surface area (Å²) in [5.41, 5.74) is 3.02. The monoisotopic (exact) mass is 368 g/mol. The van der Waals surface area contributed by atoms with Crippen LogP contribution in [0.1, 0.15) is 22.1 Å². The molecule has 0 aliphatic heterocycles. The number of hydrogen-bond acceptors (Lipinski definition) is 1. The molecule has 0 saturated carbocycles. The first kappa shape index (κ1) is 13.7. The summed E-state index contributed by atoms with van der Waals surface area (Å²) < 4.78 is 2.27. The molecule has 1 aromatic heterocycles. The van der Waals surface area contributed by atoms with Gasteiger partial charge in [-0.3, -0.25) is 0 Å². The molecular weight excluding hydrogens is 362 g/mol. The van der Waals surface area contributed by atoms with Crippen molar-refractivity contribution in [3.8, 4) is 0 Å². The maximum Gasteiger partial charge on any atom is 0.0994 e. The van der Waals surface area contributed by atoms with Gasteiger partial charge < -0.3 is 0 Å². The zero-order valence-corrected chi connectivity index (χ0v) is 13.5. The van der Waals surface area contributed by atoms with Gasteiger partial charge in [0.05, 0.1) is 14.0 Å². The Hall–Kier alpha value is 0.270. The molecule has 2 aromatic rings. The Morgan fingerprint density at radius 2 is 1.88 bits per heavy atom. The molecule has 0 radical (unpaired) electrons. The number of thiophene rings is 1. The zero-order valence-electron chi connectivity index (χ0n) is 8.81. The minimum atomic E-state index is -0.291. The maximum atomic E-state index is 6.46. The van der Waals surface area contributed by atoms with Gasteiger partial charge in [0.25, 0.3) is 0 Å². The minimum Gasteiger partial charge on any atom is -0.112 e. The van der Waals surface area contributed by atoms with Gasteiger partial charge in [-0.15, -0.1) is 22.9 Å². The first-order valence-electron chi connectivity index (χ1n) is 4.84.